The van der Waals surface area contributed by atoms with Crippen LogP contribution in [0.25, 0.3) is 10.9 Å². The maximum atomic E-state index is 12.8. The van der Waals surface area contributed by atoms with Crippen molar-refractivity contribution < 1.29 is 9.59 Å². The molecule has 2 aliphatic rings. The van der Waals surface area contributed by atoms with E-state index in [1.807, 2.05) is 17.0 Å². The number of nitrogens with one attached hydrogen (secondary N) is 3. The van der Waals surface area contributed by atoms with E-state index in [1.54, 1.807) is 12.4 Å². The molecule has 29 heavy (non-hydrogen) atoms. The fraction of sp³-hybridized carbons (Fsp3) is 0.450. The highest BCUT2D eigenvalue weighted by Crippen LogP contribution is 2.32. The molecule has 3 aromatic heterocycles. The minimum atomic E-state index is -0.158. The van der Waals surface area contributed by atoms with Gasteiger partial charge in [0.25, 0.3) is 5.91 Å². The minimum absolute atomic E-state index is 0.116. The Hall–Kier alpha value is -3.23. The van der Waals surface area contributed by atoms with Crippen LogP contribution < -0.4 is 5.32 Å². The van der Waals surface area contributed by atoms with Crippen molar-refractivity contribution in [3.8, 4) is 0 Å². The molecule has 1 atom stereocenters. The van der Waals surface area contributed by atoms with Gasteiger partial charge in [-0.3, -0.25) is 14.6 Å². The molecule has 0 spiro atoms. The highest BCUT2D eigenvalue weighted by atomic mass is 16.2. The van der Waals surface area contributed by atoms with Gasteiger partial charge in [0, 0.05) is 42.9 Å². The number of H-pyrrole nitrogens is 2. The van der Waals surface area contributed by atoms with Gasteiger partial charge in [0.05, 0.1) is 17.3 Å². The highest BCUT2D eigenvalue weighted by Gasteiger charge is 2.38. The first kappa shape index (κ1) is 17.8. The standard InChI is InChI=1S/C20H23N7O2/c28-19(17-8-13-9-21-6-5-15(13)23-17)22-7-4-12-10-27(11-12)20(29)14-2-1-3-16-18(14)25-26-24-16/h5-6,8-9,12,14,23H,1-4,7,10-11H2,(H,22,28)(H,24,25,26). The lowest BCUT2D eigenvalue weighted by atomic mass is 9.86. The van der Waals surface area contributed by atoms with Crippen molar-refractivity contribution in [3.05, 3.63) is 41.6 Å². The summed E-state index contributed by atoms with van der Waals surface area (Å²) in [5.74, 6) is 0.308. The third kappa shape index (κ3) is 3.37. The molecule has 1 saturated heterocycles. The van der Waals surface area contributed by atoms with Crippen molar-refractivity contribution in [1.29, 1.82) is 0 Å². The van der Waals surface area contributed by atoms with Crippen LogP contribution in [0.5, 0.6) is 0 Å². The lowest BCUT2D eigenvalue weighted by Gasteiger charge is -2.41. The zero-order chi connectivity index (χ0) is 19.8. The zero-order valence-corrected chi connectivity index (χ0v) is 16.0. The second-order valence-electron chi connectivity index (χ2n) is 7.90. The molecule has 2 amide bonds. The molecular weight excluding hydrogens is 370 g/mol. The molecular formula is C20H23N7O2. The van der Waals surface area contributed by atoms with Gasteiger partial charge in [-0.25, -0.2) is 0 Å². The number of fused-ring (bicyclic) bond motifs is 2. The van der Waals surface area contributed by atoms with Gasteiger partial charge in [0.1, 0.15) is 5.69 Å². The lowest BCUT2D eigenvalue weighted by Crippen LogP contribution is -2.52. The van der Waals surface area contributed by atoms with Crippen LogP contribution in [0.4, 0.5) is 0 Å². The van der Waals surface area contributed by atoms with Gasteiger partial charge in [-0.1, -0.05) is 0 Å². The van der Waals surface area contributed by atoms with Crippen molar-refractivity contribution in [3.63, 3.8) is 0 Å². The minimum Gasteiger partial charge on any atom is -0.351 e. The number of carbonyl (C=O) groups is 2. The van der Waals surface area contributed by atoms with E-state index in [1.165, 1.54) is 0 Å². The van der Waals surface area contributed by atoms with Crippen LogP contribution in [0.1, 0.15) is 47.1 Å². The molecule has 9 heteroatoms. The van der Waals surface area contributed by atoms with Crippen LogP contribution >= 0.6 is 0 Å². The summed E-state index contributed by atoms with van der Waals surface area (Å²) in [5.41, 5.74) is 3.20. The highest BCUT2D eigenvalue weighted by molar-refractivity contribution is 5.97. The number of aryl methyl sites for hydroxylation is 1. The van der Waals surface area contributed by atoms with Gasteiger partial charge < -0.3 is 15.2 Å². The molecule has 4 heterocycles. The molecule has 1 aliphatic carbocycles. The predicted octanol–water partition coefficient (Wildman–Crippen LogP) is 1.38. The Kier molecular flexibility index (Phi) is 4.49. The number of aromatic nitrogens is 5. The summed E-state index contributed by atoms with van der Waals surface area (Å²) < 4.78 is 0. The number of carbonyl (C=O) groups excluding carboxylic acids is 2. The third-order valence-corrected chi connectivity index (χ3v) is 5.96. The molecule has 0 aromatic carbocycles. The first-order chi connectivity index (χ1) is 14.2. The van der Waals surface area contributed by atoms with Crippen LogP contribution in [0.3, 0.4) is 0 Å². The van der Waals surface area contributed by atoms with Crippen LogP contribution in [0.2, 0.25) is 0 Å². The van der Waals surface area contributed by atoms with Crippen LogP contribution in [0, 0.1) is 5.92 Å². The molecule has 0 radical (unpaired) electrons. The van der Waals surface area contributed by atoms with E-state index < -0.39 is 0 Å². The van der Waals surface area contributed by atoms with Crippen molar-refractivity contribution >= 4 is 22.7 Å². The smallest absolute Gasteiger partial charge is 0.267 e. The Morgan fingerprint density at radius 1 is 1.28 bits per heavy atom. The van der Waals surface area contributed by atoms with Gasteiger partial charge in [0.15, 0.2) is 0 Å². The fourth-order valence-corrected chi connectivity index (χ4v) is 4.31. The van der Waals surface area contributed by atoms with E-state index in [9.17, 15) is 9.59 Å². The Morgan fingerprint density at radius 3 is 3.03 bits per heavy atom. The van der Waals surface area contributed by atoms with Crippen LogP contribution in [0.15, 0.2) is 24.5 Å². The van der Waals surface area contributed by atoms with Crippen molar-refractivity contribution in [1.82, 2.24) is 35.6 Å². The van der Waals surface area contributed by atoms with E-state index in [-0.39, 0.29) is 17.7 Å². The number of aromatic amines is 2. The normalized spacial score (nSPS) is 19.0. The van der Waals surface area contributed by atoms with Gasteiger partial charge >= 0.3 is 0 Å². The topological polar surface area (TPSA) is 120 Å². The summed E-state index contributed by atoms with van der Waals surface area (Å²) >= 11 is 0. The summed E-state index contributed by atoms with van der Waals surface area (Å²) in [6.07, 6.45) is 7.00. The van der Waals surface area contributed by atoms with Crippen LogP contribution in [-0.2, 0) is 11.2 Å². The Balaban J connectivity index is 1.09. The van der Waals surface area contributed by atoms with Gasteiger partial charge in [-0.2, -0.15) is 15.4 Å². The van der Waals surface area contributed by atoms with Crippen molar-refractivity contribution in [2.45, 2.75) is 31.6 Å². The first-order valence-electron chi connectivity index (χ1n) is 10.1. The number of rotatable bonds is 5. The summed E-state index contributed by atoms with van der Waals surface area (Å²) in [6.45, 7) is 2.09. The molecule has 3 N–H and O–H groups in total. The molecule has 1 unspecified atom stereocenters. The fourth-order valence-electron chi connectivity index (χ4n) is 4.31. The molecule has 1 fully saturated rings. The number of hydrogen-bond acceptors (Lipinski definition) is 5. The number of likely N-dealkylation sites (tertiary alicyclic amines) is 1. The van der Waals surface area contributed by atoms with E-state index in [0.29, 0.717) is 18.2 Å². The second kappa shape index (κ2) is 7.31. The Labute approximate surface area is 167 Å². The van der Waals surface area contributed by atoms with E-state index in [4.69, 9.17) is 0 Å². The van der Waals surface area contributed by atoms with Gasteiger partial charge in [0.2, 0.25) is 5.91 Å². The molecule has 0 saturated carbocycles. The summed E-state index contributed by atoms with van der Waals surface area (Å²) in [5, 5.41) is 14.9. The molecule has 0 bridgehead atoms. The van der Waals surface area contributed by atoms with Gasteiger partial charge in [-0.15, -0.1) is 0 Å². The summed E-state index contributed by atoms with van der Waals surface area (Å²) in [4.78, 5) is 34.2. The number of pyridine rings is 1. The molecule has 3 aromatic rings. The average Bonchev–Trinajstić information content (AvgIpc) is 3.35. The Morgan fingerprint density at radius 2 is 2.17 bits per heavy atom. The molecule has 150 valence electrons. The maximum Gasteiger partial charge on any atom is 0.267 e. The largest absolute Gasteiger partial charge is 0.351 e. The van der Waals surface area contributed by atoms with E-state index >= 15 is 0 Å². The molecule has 9 nitrogen and oxygen atoms in total. The zero-order valence-electron chi connectivity index (χ0n) is 16.0. The Bertz CT molecular complexity index is 1020. The summed E-state index contributed by atoms with van der Waals surface area (Å²) in [7, 11) is 0. The van der Waals surface area contributed by atoms with Crippen molar-refractivity contribution in [2.75, 3.05) is 19.6 Å². The maximum absolute atomic E-state index is 12.8. The first-order valence-corrected chi connectivity index (χ1v) is 10.1. The monoisotopic (exact) mass is 393 g/mol. The SMILES string of the molecule is O=C(NCCC1CN(C(=O)C2CCCc3n[nH]nc32)C1)c1cc2cnccc2[nH]1. The van der Waals surface area contributed by atoms with Gasteiger partial charge in [-0.05, 0) is 43.7 Å². The number of hydrogen-bond donors (Lipinski definition) is 3. The van der Waals surface area contributed by atoms with Crippen molar-refractivity contribution in [2.24, 2.45) is 5.92 Å². The van der Waals surface area contributed by atoms with E-state index in [0.717, 1.165) is 61.1 Å². The van der Waals surface area contributed by atoms with Crippen LogP contribution in [-0.4, -0.2) is 61.7 Å². The summed E-state index contributed by atoms with van der Waals surface area (Å²) in [6, 6.07) is 3.66. The molecule has 1 aliphatic heterocycles. The van der Waals surface area contributed by atoms with E-state index in [2.05, 4.69) is 30.7 Å². The quantitative estimate of drug-likeness (QED) is 0.605. The number of amides is 2. The third-order valence-electron chi connectivity index (χ3n) is 5.96. The number of nitrogens with zero attached hydrogens (tertiary/aromatic N) is 4. The molecule has 5 rings (SSSR count). The second-order valence-corrected chi connectivity index (χ2v) is 7.90. The predicted molar refractivity (Wildman–Crippen MR) is 105 cm³/mol. The average molecular weight is 393 g/mol. The lowest BCUT2D eigenvalue weighted by molar-refractivity contribution is -0.139.